The largest absolute Gasteiger partial charge is 0.337 e. The standard InChI is InChI=1S/C17H25N3O/c1-14-12-19(13-15-5-3-2-4-6-15)9-10-20(14)17(21)16-7-8-18-11-16/h2-6,14,16,18H,7-13H2,1H3. The molecule has 1 amide bonds. The molecule has 2 aliphatic heterocycles. The van der Waals surface area contributed by atoms with Gasteiger partial charge < -0.3 is 10.2 Å². The third kappa shape index (κ3) is 3.44. The molecule has 0 aliphatic carbocycles. The van der Waals surface area contributed by atoms with E-state index in [1.807, 2.05) is 0 Å². The maximum absolute atomic E-state index is 12.5. The van der Waals surface area contributed by atoms with Crippen LogP contribution in [0.25, 0.3) is 0 Å². The van der Waals surface area contributed by atoms with Crippen molar-refractivity contribution >= 4 is 5.91 Å². The van der Waals surface area contributed by atoms with E-state index in [0.29, 0.717) is 11.9 Å². The SMILES string of the molecule is CC1CN(Cc2ccccc2)CCN1C(=O)C1CCNC1. The summed E-state index contributed by atoms with van der Waals surface area (Å²) in [5, 5.41) is 3.29. The van der Waals surface area contributed by atoms with Gasteiger partial charge in [0.15, 0.2) is 0 Å². The van der Waals surface area contributed by atoms with Crippen molar-refractivity contribution in [2.24, 2.45) is 5.92 Å². The van der Waals surface area contributed by atoms with E-state index in [-0.39, 0.29) is 5.92 Å². The van der Waals surface area contributed by atoms with Crippen LogP contribution < -0.4 is 5.32 Å². The molecule has 114 valence electrons. The molecule has 0 bridgehead atoms. The van der Waals surface area contributed by atoms with Crippen molar-refractivity contribution < 1.29 is 4.79 Å². The molecule has 4 heteroatoms. The number of nitrogens with one attached hydrogen (secondary N) is 1. The molecule has 0 radical (unpaired) electrons. The first-order valence-corrected chi connectivity index (χ1v) is 8.01. The van der Waals surface area contributed by atoms with E-state index in [2.05, 4.69) is 52.4 Å². The lowest BCUT2D eigenvalue weighted by Crippen LogP contribution is -2.55. The number of amides is 1. The Bertz CT molecular complexity index is 470. The first-order valence-electron chi connectivity index (χ1n) is 8.01. The third-order valence-electron chi connectivity index (χ3n) is 4.65. The topological polar surface area (TPSA) is 35.6 Å². The van der Waals surface area contributed by atoms with Crippen LogP contribution in [0.5, 0.6) is 0 Å². The van der Waals surface area contributed by atoms with Crippen LogP contribution >= 0.6 is 0 Å². The molecule has 4 nitrogen and oxygen atoms in total. The average Bonchev–Trinajstić information content (AvgIpc) is 3.02. The van der Waals surface area contributed by atoms with Gasteiger partial charge in [0.2, 0.25) is 5.91 Å². The van der Waals surface area contributed by atoms with Gasteiger partial charge in [0.1, 0.15) is 0 Å². The minimum atomic E-state index is 0.202. The third-order valence-corrected chi connectivity index (χ3v) is 4.65. The molecule has 0 spiro atoms. The fourth-order valence-electron chi connectivity index (χ4n) is 3.45. The number of carbonyl (C=O) groups is 1. The number of piperazine rings is 1. The maximum atomic E-state index is 12.5. The first-order chi connectivity index (χ1) is 10.2. The van der Waals surface area contributed by atoms with Crippen molar-refractivity contribution in [1.82, 2.24) is 15.1 Å². The molecule has 3 rings (SSSR count). The van der Waals surface area contributed by atoms with E-state index in [4.69, 9.17) is 0 Å². The molecule has 2 fully saturated rings. The zero-order chi connectivity index (χ0) is 14.7. The van der Waals surface area contributed by atoms with E-state index in [1.54, 1.807) is 0 Å². The summed E-state index contributed by atoms with van der Waals surface area (Å²) in [6, 6.07) is 10.9. The van der Waals surface area contributed by atoms with Crippen molar-refractivity contribution in [2.45, 2.75) is 25.9 Å². The summed E-state index contributed by atoms with van der Waals surface area (Å²) < 4.78 is 0. The molecule has 1 aromatic carbocycles. The predicted molar refractivity (Wildman–Crippen MR) is 83.9 cm³/mol. The summed E-state index contributed by atoms with van der Waals surface area (Å²) in [5.74, 6) is 0.556. The lowest BCUT2D eigenvalue weighted by molar-refractivity contribution is -0.139. The molecule has 21 heavy (non-hydrogen) atoms. The minimum Gasteiger partial charge on any atom is -0.337 e. The van der Waals surface area contributed by atoms with Gasteiger partial charge in [-0.2, -0.15) is 0 Å². The molecule has 0 aromatic heterocycles. The highest BCUT2D eigenvalue weighted by molar-refractivity contribution is 5.79. The van der Waals surface area contributed by atoms with Crippen molar-refractivity contribution in [3.8, 4) is 0 Å². The van der Waals surface area contributed by atoms with E-state index < -0.39 is 0 Å². The Morgan fingerprint density at radius 3 is 2.76 bits per heavy atom. The Balaban J connectivity index is 1.55. The second-order valence-corrected chi connectivity index (χ2v) is 6.29. The van der Waals surface area contributed by atoms with Crippen LogP contribution in [0.3, 0.4) is 0 Å². The number of carbonyl (C=O) groups excluding carboxylic acids is 1. The molecule has 1 N–H and O–H groups in total. The van der Waals surface area contributed by atoms with E-state index in [0.717, 1.165) is 45.7 Å². The number of benzene rings is 1. The van der Waals surface area contributed by atoms with Gasteiger partial charge in [-0.25, -0.2) is 0 Å². The van der Waals surface area contributed by atoms with Crippen molar-refractivity contribution in [2.75, 3.05) is 32.7 Å². The van der Waals surface area contributed by atoms with Crippen LogP contribution in [0.4, 0.5) is 0 Å². The Morgan fingerprint density at radius 1 is 1.29 bits per heavy atom. The summed E-state index contributed by atoms with van der Waals surface area (Å²) in [4.78, 5) is 17.1. The summed E-state index contributed by atoms with van der Waals surface area (Å²) in [5.41, 5.74) is 1.35. The highest BCUT2D eigenvalue weighted by Crippen LogP contribution is 2.18. The fourth-order valence-corrected chi connectivity index (χ4v) is 3.45. The van der Waals surface area contributed by atoms with Crippen LogP contribution in [0.1, 0.15) is 18.9 Å². The average molecular weight is 287 g/mol. The molecule has 2 aliphatic rings. The van der Waals surface area contributed by atoms with Crippen LogP contribution in [0, 0.1) is 5.92 Å². The predicted octanol–water partition coefficient (Wildman–Crippen LogP) is 1.33. The Kier molecular flexibility index (Phi) is 4.56. The van der Waals surface area contributed by atoms with Gasteiger partial charge in [0, 0.05) is 38.8 Å². The second-order valence-electron chi connectivity index (χ2n) is 6.29. The van der Waals surface area contributed by atoms with Gasteiger partial charge in [-0.05, 0) is 25.5 Å². The highest BCUT2D eigenvalue weighted by atomic mass is 16.2. The summed E-state index contributed by atoms with van der Waals surface area (Å²) >= 11 is 0. The molecule has 2 atom stereocenters. The Morgan fingerprint density at radius 2 is 2.10 bits per heavy atom. The number of rotatable bonds is 3. The van der Waals surface area contributed by atoms with Gasteiger partial charge in [0.05, 0.1) is 5.92 Å². The van der Waals surface area contributed by atoms with Crippen molar-refractivity contribution in [3.63, 3.8) is 0 Å². The van der Waals surface area contributed by atoms with Gasteiger partial charge in [-0.3, -0.25) is 9.69 Å². The Hall–Kier alpha value is -1.39. The smallest absolute Gasteiger partial charge is 0.227 e. The van der Waals surface area contributed by atoms with Gasteiger partial charge in [-0.15, -0.1) is 0 Å². The summed E-state index contributed by atoms with van der Waals surface area (Å²) in [6.07, 6.45) is 0.996. The molecule has 2 unspecified atom stereocenters. The Labute approximate surface area is 127 Å². The fraction of sp³-hybridized carbons (Fsp3) is 0.588. The zero-order valence-electron chi connectivity index (χ0n) is 12.8. The second kappa shape index (κ2) is 6.58. The van der Waals surface area contributed by atoms with Crippen molar-refractivity contribution in [1.29, 1.82) is 0 Å². The first kappa shape index (κ1) is 14.5. The molecular weight excluding hydrogens is 262 g/mol. The lowest BCUT2D eigenvalue weighted by Gasteiger charge is -2.41. The summed E-state index contributed by atoms with van der Waals surface area (Å²) in [7, 11) is 0. The molecule has 2 heterocycles. The highest BCUT2D eigenvalue weighted by Gasteiger charge is 2.32. The number of nitrogens with zero attached hydrogens (tertiary/aromatic N) is 2. The lowest BCUT2D eigenvalue weighted by atomic mass is 10.0. The molecular formula is C17H25N3O. The van der Waals surface area contributed by atoms with Crippen LogP contribution in [0.2, 0.25) is 0 Å². The van der Waals surface area contributed by atoms with E-state index >= 15 is 0 Å². The normalized spacial score (nSPS) is 27.0. The molecule has 2 saturated heterocycles. The van der Waals surface area contributed by atoms with Crippen LogP contribution in [-0.2, 0) is 11.3 Å². The maximum Gasteiger partial charge on any atom is 0.227 e. The van der Waals surface area contributed by atoms with E-state index in [1.165, 1.54) is 5.56 Å². The summed E-state index contributed by atoms with van der Waals surface area (Å²) in [6.45, 7) is 7.82. The quantitative estimate of drug-likeness (QED) is 0.911. The minimum absolute atomic E-state index is 0.202. The van der Waals surface area contributed by atoms with Gasteiger partial charge in [-0.1, -0.05) is 30.3 Å². The van der Waals surface area contributed by atoms with Gasteiger partial charge in [0.25, 0.3) is 0 Å². The number of hydrogen-bond acceptors (Lipinski definition) is 3. The zero-order valence-corrected chi connectivity index (χ0v) is 12.8. The molecule has 1 aromatic rings. The van der Waals surface area contributed by atoms with Gasteiger partial charge >= 0.3 is 0 Å². The van der Waals surface area contributed by atoms with Crippen LogP contribution in [-0.4, -0.2) is 54.5 Å². The monoisotopic (exact) mass is 287 g/mol. The van der Waals surface area contributed by atoms with E-state index in [9.17, 15) is 4.79 Å². The van der Waals surface area contributed by atoms with Crippen LogP contribution in [0.15, 0.2) is 30.3 Å². The molecule has 0 saturated carbocycles. The number of hydrogen-bond donors (Lipinski definition) is 1. The van der Waals surface area contributed by atoms with Crippen molar-refractivity contribution in [3.05, 3.63) is 35.9 Å².